The number of hydrogen-bond acceptors (Lipinski definition) is 4. The Bertz CT molecular complexity index is 1480. The average molecular weight is 500 g/mol. The number of carboxylic acid groups (broad SMARTS) is 1. The molecule has 37 heavy (non-hydrogen) atoms. The Morgan fingerprint density at radius 2 is 1.78 bits per heavy atom. The number of carboxylic acids is 1. The molecule has 0 atom stereocenters. The molecule has 6 nitrogen and oxygen atoms in total. The molecule has 0 unspecified atom stereocenters. The molecule has 6 rings (SSSR count). The lowest BCUT2D eigenvalue weighted by Crippen LogP contribution is -2.46. The second kappa shape index (κ2) is 9.63. The molecular formula is C30H30FN3O3. The summed E-state index contributed by atoms with van der Waals surface area (Å²) in [5.41, 5.74) is 3.95. The molecule has 1 aromatic heterocycles. The number of benzene rings is 2. The van der Waals surface area contributed by atoms with Gasteiger partial charge in [0, 0.05) is 50.3 Å². The summed E-state index contributed by atoms with van der Waals surface area (Å²) >= 11 is 0. The molecular weight excluding hydrogens is 469 g/mol. The Balaban J connectivity index is 1.18. The second-order valence-electron chi connectivity index (χ2n) is 10.2. The van der Waals surface area contributed by atoms with Crippen LogP contribution in [0.25, 0.3) is 16.5 Å². The summed E-state index contributed by atoms with van der Waals surface area (Å²) < 4.78 is 17.1. The minimum atomic E-state index is -1.28. The molecule has 0 bridgehead atoms. The Kier molecular flexibility index (Phi) is 6.16. The number of piperazine rings is 1. The van der Waals surface area contributed by atoms with Crippen LogP contribution in [0.15, 0.2) is 65.6 Å². The maximum Gasteiger partial charge on any atom is 0.341 e. The number of nitrogens with zero attached hydrogens (tertiary/aromatic N) is 3. The van der Waals surface area contributed by atoms with Gasteiger partial charge in [-0.1, -0.05) is 42.5 Å². The number of pyridine rings is 1. The highest BCUT2D eigenvalue weighted by molar-refractivity contribution is 5.93. The van der Waals surface area contributed by atoms with E-state index in [1.807, 2.05) is 9.47 Å². The summed E-state index contributed by atoms with van der Waals surface area (Å²) in [6.07, 6.45) is 12.2. The van der Waals surface area contributed by atoms with Gasteiger partial charge in [0.2, 0.25) is 5.43 Å². The summed E-state index contributed by atoms with van der Waals surface area (Å²) in [6, 6.07) is 11.9. The van der Waals surface area contributed by atoms with E-state index in [2.05, 4.69) is 47.4 Å². The number of hydrogen-bond donors (Lipinski definition) is 1. The van der Waals surface area contributed by atoms with Crippen LogP contribution in [0.4, 0.5) is 10.1 Å². The van der Waals surface area contributed by atoms with E-state index in [0.29, 0.717) is 24.3 Å². The first-order valence-corrected chi connectivity index (χ1v) is 13.0. The van der Waals surface area contributed by atoms with Crippen molar-refractivity contribution >= 4 is 28.1 Å². The maximum atomic E-state index is 15.2. The van der Waals surface area contributed by atoms with E-state index in [1.54, 1.807) is 6.07 Å². The Morgan fingerprint density at radius 1 is 1.03 bits per heavy atom. The first kappa shape index (κ1) is 23.7. The topological polar surface area (TPSA) is 65.8 Å². The fraction of sp³-hybridized carbons (Fsp3) is 0.333. The monoisotopic (exact) mass is 499 g/mol. The predicted molar refractivity (Wildman–Crippen MR) is 144 cm³/mol. The summed E-state index contributed by atoms with van der Waals surface area (Å²) in [6.45, 7) is 3.82. The van der Waals surface area contributed by atoms with Crippen LogP contribution in [0.3, 0.4) is 0 Å². The molecule has 1 saturated carbocycles. The highest BCUT2D eigenvalue weighted by Crippen LogP contribution is 2.38. The fourth-order valence-electron chi connectivity index (χ4n) is 5.44. The summed E-state index contributed by atoms with van der Waals surface area (Å²) in [4.78, 5) is 28.7. The average Bonchev–Trinajstić information content (AvgIpc) is 3.76. The van der Waals surface area contributed by atoms with Crippen molar-refractivity contribution in [2.45, 2.75) is 38.3 Å². The zero-order valence-corrected chi connectivity index (χ0v) is 20.7. The standard InChI is InChI=1S/C30H30FN3O3/c31-26-16-24-27(34(23-10-11-23)19-25(29(24)35)30(36)37)17-28(26)33-14-12-32(13-15-33)18-20-6-8-22(9-7-20)21-4-2-1-3-5-21/h2,4-9,16-17,19,23H,1,3,10-15,18H2,(H,36,37). The second-order valence-corrected chi connectivity index (χ2v) is 10.2. The van der Waals surface area contributed by atoms with E-state index in [-0.39, 0.29) is 17.0 Å². The number of carbonyl (C=O) groups is 1. The van der Waals surface area contributed by atoms with Crippen molar-refractivity contribution in [3.8, 4) is 0 Å². The molecule has 2 fully saturated rings. The van der Waals surface area contributed by atoms with Crippen LogP contribution in [0.1, 0.15) is 53.2 Å². The summed E-state index contributed by atoms with van der Waals surface area (Å²) in [7, 11) is 0. The number of aromatic nitrogens is 1. The molecule has 190 valence electrons. The molecule has 1 N–H and O–H groups in total. The Morgan fingerprint density at radius 3 is 2.43 bits per heavy atom. The lowest BCUT2D eigenvalue weighted by atomic mass is 9.98. The minimum Gasteiger partial charge on any atom is -0.477 e. The third-order valence-corrected chi connectivity index (χ3v) is 7.67. The first-order valence-electron chi connectivity index (χ1n) is 13.0. The normalized spacial score (nSPS) is 18.3. The van der Waals surface area contributed by atoms with Crippen molar-refractivity contribution < 1.29 is 14.3 Å². The maximum absolute atomic E-state index is 15.2. The lowest BCUT2D eigenvalue weighted by Gasteiger charge is -2.36. The fourth-order valence-corrected chi connectivity index (χ4v) is 5.44. The first-order chi connectivity index (χ1) is 18.0. The van der Waals surface area contributed by atoms with E-state index < -0.39 is 17.2 Å². The van der Waals surface area contributed by atoms with Gasteiger partial charge in [0.05, 0.1) is 11.2 Å². The van der Waals surface area contributed by atoms with Gasteiger partial charge in [0.25, 0.3) is 0 Å². The van der Waals surface area contributed by atoms with Crippen molar-refractivity contribution in [3.63, 3.8) is 0 Å². The number of allylic oxidation sites excluding steroid dienone is 4. The van der Waals surface area contributed by atoms with Crippen LogP contribution < -0.4 is 10.3 Å². The zero-order chi connectivity index (χ0) is 25.5. The van der Waals surface area contributed by atoms with Crippen molar-refractivity contribution in [1.29, 1.82) is 0 Å². The minimum absolute atomic E-state index is 0.134. The lowest BCUT2D eigenvalue weighted by molar-refractivity contribution is 0.0695. The number of halogens is 1. The van der Waals surface area contributed by atoms with Gasteiger partial charge in [0.15, 0.2) is 0 Å². The van der Waals surface area contributed by atoms with Gasteiger partial charge in [-0.25, -0.2) is 9.18 Å². The highest BCUT2D eigenvalue weighted by Gasteiger charge is 2.28. The van der Waals surface area contributed by atoms with Crippen LogP contribution >= 0.6 is 0 Å². The highest BCUT2D eigenvalue weighted by atomic mass is 19.1. The van der Waals surface area contributed by atoms with E-state index in [0.717, 1.165) is 45.3 Å². The van der Waals surface area contributed by atoms with Gasteiger partial charge in [-0.05, 0) is 54.5 Å². The summed E-state index contributed by atoms with van der Waals surface area (Å²) in [5.74, 6) is -1.76. The van der Waals surface area contributed by atoms with Gasteiger partial charge >= 0.3 is 5.97 Å². The van der Waals surface area contributed by atoms with Crippen LogP contribution in [-0.4, -0.2) is 46.7 Å². The predicted octanol–water partition coefficient (Wildman–Crippen LogP) is 5.23. The molecule has 1 aliphatic heterocycles. The smallest absolute Gasteiger partial charge is 0.341 e. The van der Waals surface area contributed by atoms with Crippen LogP contribution in [0.5, 0.6) is 0 Å². The van der Waals surface area contributed by atoms with E-state index in [1.165, 1.54) is 29.0 Å². The van der Waals surface area contributed by atoms with Crippen molar-refractivity contribution in [3.05, 3.63) is 93.6 Å². The molecule has 0 amide bonds. The number of fused-ring (bicyclic) bond motifs is 1. The Hall–Kier alpha value is -3.71. The quantitative estimate of drug-likeness (QED) is 0.503. The molecule has 2 heterocycles. The van der Waals surface area contributed by atoms with E-state index >= 15 is 4.39 Å². The zero-order valence-electron chi connectivity index (χ0n) is 20.7. The number of aromatic carboxylic acids is 1. The number of anilines is 1. The van der Waals surface area contributed by atoms with Crippen molar-refractivity contribution in [2.24, 2.45) is 0 Å². The van der Waals surface area contributed by atoms with Gasteiger partial charge in [-0.3, -0.25) is 9.69 Å². The van der Waals surface area contributed by atoms with E-state index in [4.69, 9.17) is 0 Å². The summed E-state index contributed by atoms with van der Waals surface area (Å²) in [5, 5.41) is 9.59. The molecule has 1 saturated heterocycles. The van der Waals surface area contributed by atoms with Crippen LogP contribution in [0.2, 0.25) is 0 Å². The molecule has 2 aliphatic carbocycles. The molecule has 7 heteroatoms. The molecule has 0 radical (unpaired) electrons. The largest absolute Gasteiger partial charge is 0.477 e. The molecule has 0 spiro atoms. The molecule has 3 aromatic rings. The van der Waals surface area contributed by atoms with Gasteiger partial charge < -0.3 is 14.6 Å². The van der Waals surface area contributed by atoms with Gasteiger partial charge in [0.1, 0.15) is 11.4 Å². The van der Waals surface area contributed by atoms with E-state index in [9.17, 15) is 14.7 Å². The third kappa shape index (κ3) is 4.71. The Labute approximate surface area is 214 Å². The number of rotatable bonds is 6. The van der Waals surface area contributed by atoms with Crippen molar-refractivity contribution in [1.82, 2.24) is 9.47 Å². The van der Waals surface area contributed by atoms with Gasteiger partial charge in [-0.15, -0.1) is 0 Å². The van der Waals surface area contributed by atoms with Crippen LogP contribution in [-0.2, 0) is 6.54 Å². The third-order valence-electron chi connectivity index (χ3n) is 7.67. The SMILES string of the molecule is O=C(O)c1cn(C2CC2)c2cc(N3CCN(Cc4ccc(C5=CCCC=C5)cc4)CC3)c(F)cc2c1=O. The van der Waals surface area contributed by atoms with Crippen LogP contribution in [0, 0.1) is 5.82 Å². The molecule has 2 aromatic carbocycles. The van der Waals surface area contributed by atoms with Crippen molar-refractivity contribution in [2.75, 3.05) is 31.1 Å². The molecule has 3 aliphatic rings. The van der Waals surface area contributed by atoms with Gasteiger partial charge in [-0.2, -0.15) is 0 Å².